The van der Waals surface area contributed by atoms with Crippen LogP contribution in [0.25, 0.3) is 17.0 Å². The second-order valence-electron chi connectivity index (χ2n) is 8.67. The zero-order valence-corrected chi connectivity index (χ0v) is 18.8. The fraction of sp³-hybridized carbons (Fsp3) is 0.435. The molecule has 2 aliphatic rings. The van der Waals surface area contributed by atoms with E-state index in [0.717, 1.165) is 68.5 Å². The van der Waals surface area contributed by atoms with Crippen LogP contribution in [0.5, 0.6) is 5.88 Å². The van der Waals surface area contributed by atoms with Crippen molar-refractivity contribution < 1.29 is 4.74 Å². The Kier molecular flexibility index (Phi) is 5.14. The van der Waals surface area contributed by atoms with Gasteiger partial charge in [0.2, 0.25) is 0 Å². The van der Waals surface area contributed by atoms with Crippen LogP contribution >= 0.6 is 0 Å². The lowest BCUT2D eigenvalue weighted by Crippen LogP contribution is -2.36. The van der Waals surface area contributed by atoms with Crippen molar-refractivity contribution in [3.8, 4) is 17.3 Å². The molecule has 0 amide bonds. The molecule has 0 saturated carbocycles. The molecule has 0 atom stereocenters. The average molecular weight is 446 g/mol. The van der Waals surface area contributed by atoms with Crippen LogP contribution in [-0.4, -0.2) is 65.7 Å². The third kappa shape index (κ3) is 3.91. The molecule has 2 saturated heterocycles. The molecule has 10 heteroatoms. The molecular formula is C23H27N9O. The number of aryl methyl sites for hydroxylation is 1. The standard InChI is InChI=1S/C23H27N9O/c1-29-21(24-19(27-29)15-30-10-7-11-30)16-33-23-18(31-12-5-6-13-31)14-20-25-26-22(32(20)28-23)17-8-3-2-4-9-17/h2-4,8-9,14H,5-7,10-13,15-16H2,1H3. The van der Waals surface area contributed by atoms with Gasteiger partial charge in [0, 0.05) is 31.8 Å². The van der Waals surface area contributed by atoms with Crippen LogP contribution < -0.4 is 9.64 Å². The zero-order valence-electron chi connectivity index (χ0n) is 18.8. The third-order valence-corrected chi connectivity index (χ3v) is 6.37. The Balaban J connectivity index is 1.32. The topological polar surface area (TPSA) is 89.5 Å². The number of hydrogen-bond donors (Lipinski definition) is 0. The number of likely N-dealkylation sites (tertiary alicyclic amines) is 1. The van der Waals surface area contributed by atoms with Crippen LogP contribution in [0.3, 0.4) is 0 Å². The first kappa shape index (κ1) is 20.1. The smallest absolute Gasteiger partial charge is 0.256 e. The Morgan fingerprint density at radius 1 is 0.939 bits per heavy atom. The number of nitrogens with zero attached hydrogens (tertiary/aromatic N) is 9. The van der Waals surface area contributed by atoms with E-state index in [1.54, 1.807) is 9.20 Å². The van der Waals surface area contributed by atoms with Crippen LogP contribution in [0, 0.1) is 0 Å². The number of ether oxygens (including phenoxy) is 1. The van der Waals surface area contributed by atoms with Crippen LogP contribution in [0.1, 0.15) is 30.9 Å². The van der Waals surface area contributed by atoms with E-state index in [9.17, 15) is 0 Å². The minimum absolute atomic E-state index is 0.297. The number of anilines is 1. The van der Waals surface area contributed by atoms with Gasteiger partial charge >= 0.3 is 0 Å². The van der Waals surface area contributed by atoms with Gasteiger partial charge in [0.05, 0.1) is 6.54 Å². The van der Waals surface area contributed by atoms with Crippen molar-refractivity contribution >= 4 is 11.3 Å². The summed E-state index contributed by atoms with van der Waals surface area (Å²) in [5.41, 5.74) is 2.62. The van der Waals surface area contributed by atoms with E-state index in [1.807, 2.05) is 43.4 Å². The molecule has 2 aliphatic heterocycles. The minimum atomic E-state index is 0.297. The lowest BCUT2D eigenvalue weighted by atomic mass is 10.2. The molecule has 4 aromatic rings. The predicted molar refractivity (Wildman–Crippen MR) is 123 cm³/mol. The van der Waals surface area contributed by atoms with E-state index in [0.29, 0.717) is 24.0 Å². The van der Waals surface area contributed by atoms with E-state index in [-0.39, 0.29) is 0 Å². The predicted octanol–water partition coefficient (Wildman–Crippen LogP) is 2.30. The van der Waals surface area contributed by atoms with Crippen molar-refractivity contribution in [3.63, 3.8) is 0 Å². The van der Waals surface area contributed by atoms with Crippen LogP contribution in [0.2, 0.25) is 0 Å². The summed E-state index contributed by atoms with van der Waals surface area (Å²) in [5.74, 6) is 2.88. The Labute approximate surface area is 191 Å². The van der Waals surface area contributed by atoms with E-state index in [4.69, 9.17) is 14.8 Å². The van der Waals surface area contributed by atoms with Gasteiger partial charge in [0.1, 0.15) is 12.3 Å². The highest BCUT2D eigenvalue weighted by atomic mass is 16.5. The second kappa shape index (κ2) is 8.43. The molecule has 170 valence electrons. The Morgan fingerprint density at radius 2 is 1.76 bits per heavy atom. The molecule has 0 N–H and O–H groups in total. The van der Waals surface area contributed by atoms with Gasteiger partial charge < -0.3 is 9.64 Å². The lowest BCUT2D eigenvalue weighted by molar-refractivity contribution is 0.168. The van der Waals surface area contributed by atoms with E-state index in [2.05, 4.69) is 25.1 Å². The van der Waals surface area contributed by atoms with Crippen LogP contribution in [-0.2, 0) is 20.2 Å². The molecule has 3 aromatic heterocycles. The van der Waals surface area contributed by atoms with Crippen molar-refractivity contribution in [2.24, 2.45) is 7.05 Å². The van der Waals surface area contributed by atoms with Crippen molar-refractivity contribution in [2.45, 2.75) is 32.4 Å². The number of benzene rings is 1. The highest BCUT2D eigenvalue weighted by Crippen LogP contribution is 2.32. The average Bonchev–Trinajstić information content (AvgIpc) is 3.55. The second-order valence-corrected chi connectivity index (χ2v) is 8.67. The zero-order chi connectivity index (χ0) is 22.2. The fourth-order valence-electron chi connectivity index (χ4n) is 4.40. The van der Waals surface area contributed by atoms with E-state index < -0.39 is 0 Å². The Hall–Kier alpha value is -3.53. The summed E-state index contributed by atoms with van der Waals surface area (Å²) >= 11 is 0. The molecule has 0 aliphatic carbocycles. The Morgan fingerprint density at radius 3 is 2.52 bits per heavy atom. The van der Waals surface area contributed by atoms with Gasteiger partial charge in [-0.3, -0.25) is 4.90 Å². The molecule has 10 nitrogen and oxygen atoms in total. The van der Waals surface area contributed by atoms with Gasteiger partial charge in [0.15, 0.2) is 23.1 Å². The summed E-state index contributed by atoms with van der Waals surface area (Å²) in [6, 6.07) is 12.0. The largest absolute Gasteiger partial charge is 0.467 e. The molecule has 0 unspecified atom stereocenters. The number of fused-ring (bicyclic) bond motifs is 1. The maximum Gasteiger partial charge on any atom is 0.256 e. The molecule has 0 radical (unpaired) electrons. The van der Waals surface area contributed by atoms with Gasteiger partial charge in [-0.2, -0.15) is 9.61 Å². The van der Waals surface area contributed by atoms with Gasteiger partial charge in [-0.1, -0.05) is 30.3 Å². The maximum atomic E-state index is 6.28. The van der Waals surface area contributed by atoms with Crippen LogP contribution in [0.15, 0.2) is 36.4 Å². The molecule has 33 heavy (non-hydrogen) atoms. The summed E-state index contributed by atoms with van der Waals surface area (Å²) in [6.07, 6.45) is 3.58. The van der Waals surface area contributed by atoms with E-state index >= 15 is 0 Å². The molecule has 1 aromatic carbocycles. The monoisotopic (exact) mass is 445 g/mol. The minimum Gasteiger partial charge on any atom is -0.467 e. The fourth-order valence-corrected chi connectivity index (χ4v) is 4.40. The molecular weight excluding hydrogens is 418 g/mol. The van der Waals surface area contributed by atoms with Gasteiger partial charge in [-0.05, 0) is 32.4 Å². The SMILES string of the molecule is Cn1nc(CN2CCC2)nc1COc1nn2c(-c3ccccc3)nnc2cc1N1CCCC1. The summed E-state index contributed by atoms with van der Waals surface area (Å²) < 4.78 is 9.84. The highest BCUT2D eigenvalue weighted by molar-refractivity contribution is 5.65. The first-order valence-corrected chi connectivity index (χ1v) is 11.6. The van der Waals surface area contributed by atoms with Crippen molar-refractivity contribution in [2.75, 3.05) is 31.1 Å². The molecule has 0 bridgehead atoms. The number of aromatic nitrogens is 7. The lowest BCUT2D eigenvalue weighted by Gasteiger charge is -2.29. The first-order chi connectivity index (χ1) is 16.2. The molecule has 0 spiro atoms. The molecule has 2 fully saturated rings. The highest BCUT2D eigenvalue weighted by Gasteiger charge is 2.23. The number of rotatable bonds is 7. The molecule has 5 heterocycles. The Bertz CT molecular complexity index is 1260. The van der Waals surface area contributed by atoms with E-state index in [1.165, 1.54) is 6.42 Å². The quantitative estimate of drug-likeness (QED) is 0.428. The third-order valence-electron chi connectivity index (χ3n) is 6.37. The first-order valence-electron chi connectivity index (χ1n) is 11.6. The maximum absolute atomic E-state index is 6.28. The normalized spacial score (nSPS) is 16.5. The van der Waals surface area contributed by atoms with Gasteiger partial charge in [0.25, 0.3) is 5.88 Å². The molecule has 6 rings (SSSR count). The summed E-state index contributed by atoms with van der Waals surface area (Å²) in [6.45, 7) is 5.30. The number of hydrogen-bond acceptors (Lipinski definition) is 8. The van der Waals surface area contributed by atoms with Gasteiger partial charge in [-0.25, -0.2) is 9.67 Å². The van der Waals surface area contributed by atoms with Crippen LogP contribution in [0.4, 0.5) is 5.69 Å². The summed E-state index contributed by atoms with van der Waals surface area (Å²) in [4.78, 5) is 9.36. The van der Waals surface area contributed by atoms with Crippen molar-refractivity contribution in [3.05, 3.63) is 48.0 Å². The summed E-state index contributed by atoms with van der Waals surface area (Å²) in [5, 5.41) is 18.2. The van der Waals surface area contributed by atoms with Crippen molar-refractivity contribution in [1.29, 1.82) is 0 Å². The summed E-state index contributed by atoms with van der Waals surface area (Å²) in [7, 11) is 1.91. The van der Waals surface area contributed by atoms with Gasteiger partial charge in [-0.15, -0.1) is 15.3 Å². The van der Waals surface area contributed by atoms with Crippen molar-refractivity contribution in [1.82, 2.24) is 39.5 Å².